The van der Waals surface area contributed by atoms with Crippen LogP contribution in [0.5, 0.6) is 0 Å². The second kappa shape index (κ2) is 12.3. The molecule has 5 heteroatoms. The molecular weight excluding hydrogens is 677 g/mol. The number of hydrogen-bond donors (Lipinski definition) is 0. The SMILES string of the molecule is c1ccc(-c2nc(-c3ccccc3)nc(-c3cccc4c(-c5cc(-n6c7ccccc7c7ccccc76)c6c(c5)sc5ccccc56)cccc34)n2)cc1. The second-order valence-corrected chi connectivity index (χ2v) is 14.7. The predicted molar refractivity (Wildman–Crippen MR) is 226 cm³/mol. The highest BCUT2D eigenvalue weighted by Gasteiger charge is 2.20. The fourth-order valence-corrected chi connectivity index (χ4v) is 9.20. The quantitative estimate of drug-likeness (QED) is 0.179. The first kappa shape index (κ1) is 30.7. The van der Waals surface area contributed by atoms with Gasteiger partial charge in [0.05, 0.1) is 16.7 Å². The molecule has 8 aromatic carbocycles. The lowest BCUT2D eigenvalue weighted by molar-refractivity contribution is 1.08. The number of aromatic nitrogens is 4. The predicted octanol–water partition coefficient (Wildman–Crippen LogP) is 13.2. The Kier molecular flexibility index (Phi) is 7.00. The van der Waals surface area contributed by atoms with Gasteiger partial charge in [0, 0.05) is 47.6 Å². The van der Waals surface area contributed by atoms with Gasteiger partial charge in [0.1, 0.15) is 0 Å². The molecule has 0 unspecified atom stereocenters. The lowest BCUT2D eigenvalue weighted by Crippen LogP contribution is -2.00. The molecular formula is C49H30N4S. The number of nitrogens with zero attached hydrogens (tertiary/aromatic N) is 4. The smallest absolute Gasteiger partial charge is 0.164 e. The van der Waals surface area contributed by atoms with Gasteiger partial charge in [0.25, 0.3) is 0 Å². The van der Waals surface area contributed by atoms with E-state index in [2.05, 4.69) is 126 Å². The molecule has 11 aromatic rings. The molecule has 0 bridgehead atoms. The van der Waals surface area contributed by atoms with Crippen molar-refractivity contribution in [1.82, 2.24) is 19.5 Å². The first-order valence-electron chi connectivity index (χ1n) is 18.1. The Bertz CT molecular complexity index is 3110. The number of benzene rings is 8. The van der Waals surface area contributed by atoms with E-state index in [1.165, 1.54) is 53.2 Å². The number of para-hydroxylation sites is 2. The summed E-state index contributed by atoms with van der Waals surface area (Å²) >= 11 is 1.86. The highest BCUT2D eigenvalue weighted by Crippen LogP contribution is 2.44. The summed E-state index contributed by atoms with van der Waals surface area (Å²) < 4.78 is 5.01. The van der Waals surface area contributed by atoms with Gasteiger partial charge in [-0.25, -0.2) is 15.0 Å². The minimum absolute atomic E-state index is 0.649. The Morgan fingerprint density at radius 3 is 1.50 bits per heavy atom. The fourth-order valence-electron chi connectivity index (χ4n) is 8.03. The summed E-state index contributed by atoms with van der Waals surface area (Å²) in [5, 5.41) is 7.30. The first-order chi connectivity index (χ1) is 26.8. The minimum atomic E-state index is 0.649. The van der Waals surface area contributed by atoms with Crippen LogP contribution in [0.3, 0.4) is 0 Å². The van der Waals surface area contributed by atoms with E-state index in [4.69, 9.17) is 15.0 Å². The van der Waals surface area contributed by atoms with Crippen molar-refractivity contribution in [3.05, 3.63) is 182 Å². The summed E-state index contributed by atoms with van der Waals surface area (Å²) in [6.45, 7) is 0. The van der Waals surface area contributed by atoms with Crippen LogP contribution >= 0.6 is 11.3 Å². The van der Waals surface area contributed by atoms with Crippen molar-refractivity contribution in [1.29, 1.82) is 0 Å². The van der Waals surface area contributed by atoms with Crippen LogP contribution in [0.4, 0.5) is 0 Å². The van der Waals surface area contributed by atoms with Gasteiger partial charge < -0.3 is 4.57 Å². The van der Waals surface area contributed by atoms with E-state index < -0.39 is 0 Å². The number of hydrogen-bond acceptors (Lipinski definition) is 4. The molecule has 252 valence electrons. The van der Waals surface area contributed by atoms with Crippen LogP contribution in [0.2, 0.25) is 0 Å². The van der Waals surface area contributed by atoms with Crippen molar-refractivity contribution in [2.24, 2.45) is 0 Å². The van der Waals surface area contributed by atoms with Crippen molar-refractivity contribution in [3.8, 4) is 51.0 Å². The molecule has 0 radical (unpaired) electrons. The van der Waals surface area contributed by atoms with Crippen molar-refractivity contribution in [2.75, 3.05) is 0 Å². The zero-order valence-corrected chi connectivity index (χ0v) is 29.8. The van der Waals surface area contributed by atoms with Crippen molar-refractivity contribution in [2.45, 2.75) is 0 Å². The Morgan fingerprint density at radius 1 is 0.352 bits per heavy atom. The molecule has 0 fully saturated rings. The van der Waals surface area contributed by atoms with Crippen LogP contribution in [0.15, 0.2) is 182 Å². The molecule has 0 saturated heterocycles. The molecule has 0 N–H and O–H groups in total. The molecule has 0 aliphatic heterocycles. The third-order valence-electron chi connectivity index (χ3n) is 10.5. The molecule has 0 atom stereocenters. The van der Waals surface area contributed by atoms with Gasteiger partial charge in [-0.05, 0) is 52.2 Å². The van der Waals surface area contributed by atoms with Crippen molar-refractivity contribution < 1.29 is 0 Å². The lowest BCUT2D eigenvalue weighted by Gasteiger charge is -2.15. The monoisotopic (exact) mass is 706 g/mol. The van der Waals surface area contributed by atoms with E-state index in [0.29, 0.717) is 17.5 Å². The second-order valence-electron chi connectivity index (χ2n) is 13.6. The van der Waals surface area contributed by atoms with E-state index >= 15 is 0 Å². The summed E-state index contributed by atoms with van der Waals surface area (Å²) in [5.41, 5.74) is 8.79. The average Bonchev–Trinajstić information content (AvgIpc) is 3.79. The zero-order valence-electron chi connectivity index (χ0n) is 29.0. The van der Waals surface area contributed by atoms with Gasteiger partial charge in [-0.2, -0.15) is 0 Å². The van der Waals surface area contributed by atoms with E-state index in [1.54, 1.807) is 0 Å². The minimum Gasteiger partial charge on any atom is -0.309 e. The van der Waals surface area contributed by atoms with Gasteiger partial charge in [0.15, 0.2) is 17.5 Å². The third kappa shape index (κ3) is 4.86. The Balaban J connectivity index is 1.17. The van der Waals surface area contributed by atoms with Crippen LogP contribution in [0.1, 0.15) is 0 Å². The van der Waals surface area contributed by atoms with Crippen molar-refractivity contribution in [3.63, 3.8) is 0 Å². The van der Waals surface area contributed by atoms with E-state index in [9.17, 15) is 0 Å². The Hall–Kier alpha value is -6.95. The van der Waals surface area contributed by atoms with Crippen LogP contribution in [-0.2, 0) is 0 Å². The molecule has 11 rings (SSSR count). The highest BCUT2D eigenvalue weighted by atomic mass is 32.1. The van der Waals surface area contributed by atoms with Crippen LogP contribution in [0.25, 0.3) is 104 Å². The topological polar surface area (TPSA) is 43.6 Å². The summed E-state index contributed by atoms with van der Waals surface area (Å²) in [5.74, 6) is 1.95. The molecule has 54 heavy (non-hydrogen) atoms. The summed E-state index contributed by atoms with van der Waals surface area (Å²) in [6.07, 6.45) is 0. The maximum atomic E-state index is 5.10. The van der Waals surface area contributed by atoms with E-state index in [1.807, 2.05) is 72.0 Å². The third-order valence-corrected chi connectivity index (χ3v) is 11.6. The first-order valence-corrected chi connectivity index (χ1v) is 18.9. The lowest BCUT2D eigenvalue weighted by atomic mass is 9.94. The standard InChI is InChI=1S/C49H30N4S/c1-3-15-31(16-4-1)47-50-48(32-17-5-2-6-18-32)52-49(51-47)39-25-14-23-35-34(22-13-24-36(35)39)33-29-43(46-40-21-9-12-28-44(40)54-45(46)30-33)53-41-26-10-7-19-37(41)38-20-8-11-27-42(38)53/h1-30H. The van der Waals surface area contributed by atoms with Crippen LogP contribution in [-0.4, -0.2) is 19.5 Å². The molecule has 3 heterocycles. The van der Waals surface area contributed by atoms with Gasteiger partial charge in [-0.1, -0.05) is 152 Å². The van der Waals surface area contributed by atoms with Gasteiger partial charge in [0.2, 0.25) is 0 Å². The normalized spacial score (nSPS) is 11.7. The Morgan fingerprint density at radius 2 is 0.852 bits per heavy atom. The van der Waals surface area contributed by atoms with Crippen LogP contribution in [0, 0.1) is 0 Å². The van der Waals surface area contributed by atoms with Gasteiger partial charge >= 0.3 is 0 Å². The molecule has 0 amide bonds. The van der Waals surface area contributed by atoms with Gasteiger partial charge in [-0.3, -0.25) is 0 Å². The molecule has 0 aliphatic rings. The van der Waals surface area contributed by atoms with E-state index in [-0.39, 0.29) is 0 Å². The van der Waals surface area contributed by atoms with Crippen molar-refractivity contribution >= 4 is 64.1 Å². The summed E-state index contributed by atoms with van der Waals surface area (Å²) in [4.78, 5) is 15.1. The number of rotatable bonds is 5. The number of fused-ring (bicyclic) bond motifs is 7. The summed E-state index contributed by atoms with van der Waals surface area (Å²) in [6, 6.07) is 64.5. The van der Waals surface area contributed by atoms with E-state index in [0.717, 1.165) is 33.0 Å². The van der Waals surface area contributed by atoms with Crippen LogP contribution < -0.4 is 0 Å². The molecule has 0 aliphatic carbocycles. The Labute approximate surface area is 315 Å². The average molecular weight is 707 g/mol. The molecule has 0 spiro atoms. The maximum Gasteiger partial charge on any atom is 0.164 e. The summed E-state index contributed by atoms with van der Waals surface area (Å²) in [7, 11) is 0. The maximum absolute atomic E-state index is 5.10. The largest absolute Gasteiger partial charge is 0.309 e. The molecule has 0 saturated carbocycles. The molecule has 3 aromatic heterocycles. The fraction of sp³-hybridized carbons (Fsp3) is 0. The highest BCUT2D eigenvalue weighted by molar-refractivity contribution is 7.26. The van der Waals surface area contributed by atoms with Gasteiger partial charge in [-0.15, -0.1) is 11.3 Å². The number of thiophene rings is 1. The zero-order chi connectivity index (χ0) is 35.6. The molecule has 4 nitrogen and oxygen atoms in total.